The van der Waals surface area contributed by atoms with Crippen molar-refractivity contribution in [1.82, 2.24) is 4.98 Å². The molecule has 0 saturated heterocycles. The van der Waals surface area contributed by atoms with Crippen LogP contribution in [0.2, 0.25) is 0 Å². The number of benzene rings is 1. The van der Waals surface area contributed by atoms with Crippen LogP contribution in [0.25, 0.3) is 11.1 Å². The number of rotatable bonds is 1. The van der Waals surface area contributed by atoms with Gasteiger partial charge in [-0.15, -0.1) is 0 Å². The summed E-state index contributed by atoms with van der Waals surface area (Å²) in [6.45, 7) is 0. The van der Waals surface area contributed by atoms with Gasteiger partial charge >= 0.3 is 6.18 Å². The number of halogens is 4. The first-order valence-corrected chi connectivity index (χ1v) is 6.29. The summed E-state index contributed by atoms with van der Waals surface area (Å²) in [6, 6.07) is 2.64. The molecular weight excluding hydrogens is 270 g/mol. The molecule has 0 aliphatic heterocycles. The van der Waals surface area contributed by atoms with E-state index in [1.165, 1.54) is 12.3 Å². The van der Waals surface area contributed by atoms with Crippen LogP contribution >= 0.6 is 0 Å². The fourth-order valence-electron chi connectivity index (χ4n) is 2.64. The SMILES string of the molecule is Fc1cc(C(F)(F)F)ccc1-c1cncc2c1CCC2. The van der Waals surface area contributed by atoms with Crippen molar-refractivity contribution in [2.45, 2.75) is 25.4 Å². The molecule has 0 unspecified atom stereocenters. The van der Waals surface area contributed by atoms with Gasteiger partial charge in [0, 0.05) is 23.5 Å². The Morgan fingerprint density at radius 1 is 1.00 bits per heavy atom. The van der Waals surface area contributed by atoms with E-state index < -0.39 is 17.6 Å². The Balaban J connectivity index is 2.10. The average molecular weight is 281 g/mol. The molecule has 104 valence electrons. The van der Waals surface area contributed by atoms with Crippen LogP contribution in [-0.4, -0.2) is 4.98 Å². The summed E-state index contributed by atoms with van der Waals surface area (Å²) in [6.07, 6.45) is 1.41. The normalized spacial score (nSPS) is 14.4. The zero-order valence-electron chi connectivity index (χ0n) is 10.5. The van der Waals surface area contributed by atoms with Crippen molar-refractivity contribution in [2.75, 3.05) is 0 Å². The standard InChI is InChI=1S/C15H11F4N/c16-14-6-10(15(17,18)19)4-5-12(14)13-8-20-7-9-2-1-3-11(9)13/h4-8H,1-3H2. The Bertz CT molecular complexity index is 661. The molecule has 1 heterocycles. The molecule has 0 atom stereocenters. The lowest BCUT2D eigenvalue weighted by molar-refractivity contribution is -0.137. The molecule has 2 aromatic rings. The van der Waals surface area contributed by atoms with E-state index in [-0.39, 0.29) is 5.56 Å². The lowest BCUT2D eigenvalue weighted by Gasteiger charge is -2.11. The van der Waals surface area contributed by atoms with Gasteiger partial charge in [-0.05, 0) is 42.5 Å². The second-order valence-corrected chi connectivity index (χ2v) is 4.87. The van der Waals surface area contributed by atoms with E-state index in [1.807, 2.05) is 0 Å². The molecule has 0 fully saturated rings. The molecule has 1 aliphatic carbocycles. The van der Waals surface area contributed by atoms with Gasteiger partial charge in [-0.25, -0.2) is 4.39 Å². The Morgan fingerprint density at radius 3 is 2.50 bits per heavy atom. The highest BCUT2D eigenvalue weighted by Crippen LogP contribution is 2.36. The van der Waals surface area contributed by atoms with E-state index in [0.717, 1.165) is 36.5 Å². The quantitative estimate of drug-likeness (QED) is 0.706. The van der Waals surface area contributed by atoms with Crippen LogP contribution in [0.15, 0.2) is 30.6 Å². The molecule has 1 aromatic carbocycles. The lowest BCUT2D eigenvalue weighted by Crippen LogP contribution is -2.05. The van der Waals surface area contributed by atoms with Crippen molar-refractivity contribution >= 4 is 0 Å². The summed E-state index contributed by atoms with van der Waals surface area (Å²) in [7, 11) is 0. The molecule has 0 radical (unpaired) electrons. The third-order valence-electron chi connectivity index (χ3n) is 3.61. The van der Waals surface area contributed by atoms with E-state index in [0.29, 0.717) is 11.6 Å². The predicted octanol–water partition coefficient (Wildman–Crippen LogP) is 4.40. The summed E-state index contributed by atoms with van der Waals surface area (Å²) >= 11 is 0. The summed E-state index contributed by atoms with van der Waals surface area (Å²) < 4.78 is 51.6. The molecule has 0 N–H and O–H groups in total. The monoisotopic (exact) mass is 281 g/mol. The van der Waals surface area contributed by atoms with Crippen LogP contribution in [0.3, 0.4) is 0 Å². The van der Waals surface area contributed by atoms with Crippen molar-refractivity contribution in [1.29, 1.82) is 0 Å². The fraction of sp³-hybridized carbons (Fsp3) is 0.267. The van der Waals surface area contributed by atoms with E-state index in [4.69, 9.17) is 0 Å². The first kappa shape index (κ1) is 13.1. The van der Waals surface area contributed by atoms with Crippen molar-refractivity contribution in [3.8, 4) is 11.1 Å². The van der Waals surface area contributed by atoms with Crippen molar-refractivity contribution in [3.63, 3.8) is 0 Å². The van der Waals surface area contributed by atoms with E-state index in [2.05, 4.69) is 4.98 Å². The summed E-state index contributed by atoms with van der Waals surface area (Å²) in [4.78, 5) is 4.06. The molecule has 1 aliphatic rings. The summed E-state index contributed by atoms with van der Waals surface area (Å²) in [5.74, 6) is -0.859. The molecule has 20 heavy (non-hydrogen) atoms. The maximum absolute atomic E-state index is 14.0. The fourth-order valence-corrected chi connectivity index (χ4v) is 2.64. The molecule has 3 rings (SSSR count). The minimum absolute atomic E-state index is 0.184. The van der Waals surface area contributed by atoms with Crippen molar-refractivity contribution in [3.05, 3.63) is 53.1 Å². The minimum Gasteiger partial charge on any atom is -0.264 e. The number of alkyl halides is 3. The first-order chi connectivity index (χ1) is 9.47. The number of hydrogen-bond donors (Lipinski definition) is 0. The van der Waals surface area contributed by atoms with Gasteiger partial charge in [0.2, 0.25) is 0 Å². The van der Waals surface area contributed by atoms with Crippen LogP contribution in [0.4, 0.5) is 17.6 Å². The number of aryl methyl sites for hydroxylation is 1. The summed E-state index contributed by atoms with van der Waals surface area (Å²) in [5, 5.41) is 0. The average Bonchev–Trinajstić information content (AvgIpc) is 2.85. The molecule has 1 aromatic heterocycles. The molecule has 0 bridgehead atoms. The smallest absolute Gasteiger partial charge is 0.264 e. The van der Waals surface area contributed by atoms with E-state index >= 15 is 0 Å². The molecule has 0 amide bonds. The van der Waals surface area contributed by atoms with Gasteiger partial charge in [0.05, 0.1) is 5.56 Å². The second kappa shape index (κ2) is 4.58. The highest BCUT2D eigenvalue weighted by atomic mass is 19.4. The Morgan fingerprint density at radius 2 is 1.80 bits per heavy atom. The maximum atomic E-state index is 14.0. The van der Waals surface area contributed by atoms with Gasteiger partial charge in [0.25, 0.3) is 0 Å². The van der Waals surface area contributed by atoms with Crippen LogP contribution in [0.1, 0.15) is 23.1 Å². The van der Waals surface area contributed by atoms with Crippen molar-refractivity contribution in [2.24, 2.45) is 0 Å². The molecular formula is C15H11F4N. The van der Waals surface area contributed by atoms with Gasteiger partial charge in [0.15, 0.2) is 0 Å². The molecule has 0 saturated carbocycles. The number of pyridine rings is 1. The molecule has 0 spiro atoms. The maximum Gasteiger partial charge on any atom is 0.416 e. The van der Waals surface area contributed by atoms with Crippen LogP contribution in [0, 0.1) is 5.82 Å². The van der Waals surface area contributed by atoms with Gasteiger partial charge in [-0.1, -0.05) is 6.07 Å². The second-order valence-electron chi connectivity index (χ2n) is 4.87. The third-order valence-corrected chi connectivity index (χ3v) is 3.61. The Hall–Kier alpha value is -1.91. The van der Waals surface area contributed by atoms with E-state index in [9.17, 15) is 17.6 Å². The highest BCUT2D eigenvalue weighted by Gasteiger charge is 2.31. The Kier molecular flexibility index (Phi) is 3.00. The first-order valence-electron chi connectivity index (χ1n) is 6.29. The third kappa shape index (κ3) is 2.17. The minimum atomic E-state index is -4.53. The largest absolute Gasteiger partial charge is 0.416 e. The number of fused-ring (bicyclic) bond motifs is 1. The van der Waals surface area contributed by atoms with E-state index in [1.54, 1.807) is 6.20 Å². The zero-order valence-corrected chi connectivity index (χ0v) is 10.5. The zero-order chi connectivity index (χ0) is 14.3. The van der Waals surface area contributed by atoms with Crippen molar-refractivity contribution < 1.29 is 17.6 Å². The predicted molar refractivity (Wildman–Crippen MR) is 66.7 cm³/mol. The molecule has 1 nitrogen and oxygen atoms in total. The van der Waals surface area contributed by atoms with Gasteiger partial charge < -0.3 is 0 Å². The summed E-state index contributed by atoms with van der Waals surface area (Å²) in [5.41, 5.74) is 1.87. The lowest BCUT2D eigenvalue weighted by atomic mass is 9.98. The van der Waals surface area contributed by atoms with Gasteiger partial charge in [0.1, 0.15) is 5.82 Å². The van der Waals surface area contributed by atoms with Gasteiger partial charge in [-0.3, -0.25) is 4.98 Å². The number of aromatic nitrogens is 1. The van der Waals surface area contributed by atoms with Crippen LogP contribution in [-0.2, 0) is 19.0 Å². The topological polar surface area (TPSA) is 12.9 Å². The number of nitrogens with zero attached hydrogens (tertiary/aromatic N) is 1. The van der Waals surface area contributed by atoms with Crippen LogP contribution in [0.5, 0.6) is 0 Å². The highest BCUT2D eigenvalue weighted by molar-refractivity contribution is 5.69. The number of hydrogen-bond acceptors (Lipinski definition) is 1. The van der Waals surface area contributed by atoms with Crippen LogP contribution < -0.4 is 0 Å². The van der Waals surface area contributed by atoms with Gasteiger partial charge in [-0.2, -0.15) is 13.2 Å². The molecule has 5 heteroatoms. The Labute approximate surface area is 113 Å².